The molecule has 1 atom stereocenters. The van der Waals surface area contributed by atoms with Crippen LogP contribution in [0.4, 0.5) is 0 Å². The number of hydrogen-bond acceptors (Lipinski definition) is 7. The van der Waals surface area contributed by atoms with Crippen LogP contribution in [0.25, 0.3) is 0 Å². The van der Waals surface area contributed by atoms with Gasteiger partial charge in [0.05, 0.1) is 22.7 Å². The van der Waals surface area contributed by atoms with Crippen molar-refractivity contribution in [1.29, 1.82) is 0 Å². The molecule has 0 saturated heterocycles. The van der Waals surface area contributed by atoms with Crippen LogP contribution in [0.5, 0.6) is 5.75 Å². The van der Waals surface area contributed by atoms with Gasteiger partial charge in [0.2, 0.25) is 0 Å². The second-order valence-corrected chi connectivity index (χ2v) is 11.5. The predicted octanol–water partition coefficient (Wildman–Crippen LogP) is 4.69. The van der Waals surface area contributed by atoms with E-state index < -0.39 is 37.4 Å². The molecule has 1 unspecified atom stereocenters. The topological polar surface area (TPSA) is 110 Å². The number of ether oxygens (including phenoxy) is 2. The Morgan fingerprint density at radius 2 is 1.62 bits per heavy atom. The molecule has 0 spiro atoms. The Morgan fingerprint density at radius 3 is 2.25 bits per heavy atom. The van der Waals surface area contributed by atoms with Crippen molar-refractivity contribution >= 4 is 26.4 Å². The Labute approximate surface area is 187 Å². The molecule has 0 aliphatic carbocycles. The van der Waals surface area contributed by atoms with Gasteiger partial charge in [-0.3, -0.25) is 9.11 Å². The van der Waals surface area contributed by atoms with Gasteiger partial charge in [0.1, 0.15) is 23.2 Å². The van der Waals surface area contributed by atoms with E-state index in [0.29, 0.717) is 0 Å². The molecule has 0 fully saturated rings. The van der Waals surface area contributed by atoms with Gasteiger partial charge in [-0.05, 0) is 29.8 Å². The molecule has 0 amide bonds. The average Bonchev–Trinajstić information content (AvgIpc) is 3.09. The fourth-order valence-electron chi connectivity index (χ4n) is 3.76. The summed E-state index contributed by atoms with van der Waals surface area (Å²) in [4.78, 5) is 12.9. The van der Waals surface area contributed by atoms with Crippen LogP contribution in [-0.4, -0.2) is 36.4 Å². The highest BCUT2D eigenvalue weighted by Crippen LogP contribution is 2.63. The summed E-state index contributed by atoms with van der Waals surface area (Å²) in [6.07, 6.45) is 0. The minimum Gasteiger partial charge on any atom is -0.495 e. The van der Waals surface area contributed by atoms with Crippen LogP contribution < -0.4 is 4.74 Å². The first-order valence-electron chi connectivity index (χ1n) is 9.72. The van der Waals surface area contributed by atoms with Crippen molar-refractivity contribution in [3.63, 3.8) is 0 Å². The van der Waals surface area contributed by atoms with E-state index in [-0.39, 0.29) is 33.3 Å². The highest BCUT2D eigenvalue weighted by Gasteiger charge is 2.46. The van der Waals surface area contributed by atoms with Crippen LogP contribution in [0.3, 0.4) is 0 Å². The van der Waals surface area contributed by atoms with E-state index in [1.807, 2.05) is 30.3 Å². The zero-order valence-corrected chi connectivity index (χ0v) is 18.8. The van der Waals surface area contributed by atoms with Crippen molar-refractivity contribution < 1.29 is 31.8 Å². The van der Waals surface area contributed by atoms with Crippen LogP contribution in [0.15, 0.2) is 82.6 Å². The molecule has 4 rings (SSSR count). The average molecular weight is 475 g/mol. The van der Waals surface area contributed by atoms with Crippen molar-refractivity contribution in [2.45, 2.75) is 21.6 Å². The van der Waals surface area contributed by atoms with Gasteiger partial charge in [-0.15, -0.1) is 0 Å². The maximum atomic E-state index is 13.4. The lowest BCUT2D eigenvalue weighted by atomic mass is 10.1. The zero-order valence-electron chi connectivity index (χ0n) is 17.2. The SMILES string of the molecule is COc1c(C(=O)OCc2ccccc2)ccc2c1C(S(=O)(=O)c1ccccc1)CS2(O)O. The number of methoxy groups -OCH3 is 1. The molecule has 1 aliphatic heterocycles. The summed E-state index contributed by atoms with van der Waals surface area (Å²) < 4.78 is 58.8. The molecule has 32 heavy (non-hydrogen) atoms. The van der Waals surface area contributed by atoms with E-state index in [9.17, 15) is 22.3 Å². The third-order valence-electron chi connectivity index (χ3n) is 5.30. The quantitative estimate of drug-likeness (QED) is 0.499. The van der Waals surface area contributed by atoms with Crippen LogP contribution >= 0.6 is 10.6 Å². The summed E-state index contributed by atoms with van der Waals surface area (Å²) in [7, 11) is -6.07. The number of sulfone groups is 1. The molecule has 168 valence electrons. The molecule has 7 nitrogen and oxygen atoms in total. The molecule has 0 radical (unpaired) electrons. The zero-order chi connectivity index (χ0) is 22.9. The first-order chi connectivity index (χ1) is 15.3. The van der Waals surface area contributed by atoms with E-state index in [4.69, 9.17) is 9.47 Å². The van der Waals surface area contributed by atoms with Crippen molar-refractivity contribution in [3.05, 3.63) is 89.5 Å². The van der Waals surface area contributed by atoms with Crippen molar-refractivity contribution in [3.8, 4) is 5.75 Å². The number of carbonyl (C=O) groups is 1. The molecule has 2 N–H and O–H groups in total. The largest absolute Gasteiger partial charge is 0.495 e. The monoisotopic (exact) mass is 474 g/mol. The maximum absolute atomic E-state index is 13.4. The number of esters is 1. The number of hydrogen-bond donors (Lipinski definition) is 2. The predicted molar refractivity (Wildman–Crippen MR) is 121 cm³/mol. The summed E-state index contributed by atoms with van der Waals surface area (Å²) in [6, 6.07) is 19.6. The summed E-state index contributed by atoms with van der Waals surface area (Å²) in [5.74, 6) is -1.13. The van der Waals surface area contributed by atoms with Crippen LogP contribution in [0.2, 0.25) is 0 Å². The third kappa shape index (κ3) is 4.00. The smallest absolute Gasteiger partial charge is 0.342 e. The second-order valence-electron chi connectivity index (χ2n) is 7.30. The fraction of sp³-hybridized carbons (Fsp3) is 0.174. The normalized spacial score (nSPS) is 17.9. The molecule has 1 aliphatic rings. The van der Waals surface area contributed by atoms with Gasteiger partial charge in [0.25, 0.3) is 0 Å². The van der Waals surface area contributed by atoms with E-state index in [1.54, 1.807) is 18.2 Å². The number of carbonyl (C=O) groups excluding carboxylic acids is 1. The van der Waals surface area contributed by atoms with E-state index in [1.165, 1.54) is 31.4 Å². The minimum atomic E-state index is -3.98. The lowest BCUT2D eigenvalue weighted by molar-refractivity contribution is 0.0468. The van der Waals surface area contributed by atoms with Crippen LogP contribution in [-0.2, 0) is 21.2 Å². The van der Waals surface area contributed by atoms with Crippen molar-refractivity contribution in [2.75, 3.05) is 12.9 Å². The van der Waals surface area contributed by atoms with E-state index >= 15 is 0 Å². The van der Waals surface area contributed by atoms with E-state index in [2.05, 4.69) is 0 Å². The Balaban J connectivity index is 1.76. The summed E-state index contributed by atoms with van der Waals surface area (Å²) in [6.45, 7) is 0.0286. The number of fused-ring (bicyclic) bond motifs is 1. The molecular weight excluding hydrogens is 452 g/mol. The lowest BCUT2D eigenvalue weighted by Crippen LogP contribution is -2.16. The minimum absolute atomic E-state index is 0.0209. The maximum Gasteiger partial charge on any atom is 0.342 e. The van der Waals surface area contributed by atoms with Crippen molar-refractivity contribution in [1.82, 2.24) is 0 Å². The molecule has 0 aromatic heterocycles. The van der Waals surface area contributed by atoms with Gasteiger partial charge < -0.3 is 9.47 Å². The van der Waals surface area contributed by atoms with Gasteiger partial charge in [-0.25, -0.2) is 13.2 Å². The van der Waals surface area contributed by atoms with Gasteiger partial charge in [0, 0.05) is 5.56 Å². The lowest BCUT2D eigenvalue weighted by Gasteiger charge is -2.27. The first kappa shape index (κ1) is 22.3. The fourth-order valence-corrected chi connectivity index (χ4v) is 8.17. The summed E-state index contributed by atoms with van der Waals surface area (Å²) in [5, 5.41) is -1.28. The Bertz CT molecular complexity index is 1240. The molecule has 9 heteroatoms. The van der Waals surface area contributed by atoms with Gasteiger partial charge in [0.15, 0.2) is 9.84 Å². The molecule has 1 heterocycles. The van der Waals surface area contributed by atoms with Crippen LogP contribution in [0, 0.1) is 0 Å². The van der Waals surface area contributed by atoms with E-state index in [0.717, 1.165) is 5.56 Å². The standard InChI is InChI=1S/C23H22O7S2/c1-29-22-18(23(24)30-14-16-8-4-2-5-9-16)12-13-19-21(22)20(15-31(19,25)26)32(27,28)17-10-6-3-7-11-17/h2-13,20,25-26H,14-15H2,1H3. The highest BCUT2D eigenvalue weighted by atomic mass is 32.3. The van der Waals surface area contributed by atoms with Crippen LogP contribution in [0.1, 0.15) is 26.7 Å². The Hall–Kier alpha value is -2.85. The Kier molecular flexibility index (Phi) is 6.00. The first-order valence-corrected chi connectivity index (χ1v) is 13.0. The highest BCUT2D eigenvalue weighted by molar-refractivity contribution is 8.25. The van der Waals surface area contributed by atoms with Gasteiger partial charge in [-0.1, -0.05) is 48.5 Å². The summed E-state index contributed by atoms with van der Waals surface area (Å²) >= 11 is 0. The second kappa shape index (κ2) is 8.59. The molecule has 0 bridgehead atoms. The Morgan fingerprint density at radius 1 is 1.00 bits per heavy atom. The van der Waals surface area contributed by atoms with Gasteiger partial charge >= 0.3 is 5.97 Å². The third-order valence-corrected chi connectivity index (χ3v) is 9.45. The van der Waals surface area contributed by atoms with Crippen molar-refractivity contribution in [2.24, 2.45) is 0 Å². The molecule has 3 aromatic carbocycles. The summed E-state index contributed by atoms with van der Waals surface area (Å²) in [5.41, 5.74) is 0.901. The molecule has 0 saturated carbocycles. The molecular formula is C23H22O7S2. The number of rotatable bonds is 6. The van der Waals surface area contributed by atoms with Gasteiger partial charge in [-0.2, -0.15) is 10.6 Å². The number of benzene rings is 3. The molecule has 3 aromatic rings.